The van der Waals surface area contributed by atoms with Crippen molar-refractivity contribution in [1.29, 1.82) is 0 Å². The molecule has 2 heterocycles. The van der Waals surface area contributed by atoms with E-state index in [1.54, 1.807) is 0 Å². The first kappa shape index (κ1) is 10.0. The van der Waals surface area contributed by atoms with Crippen molar-refractivity contribution in [2.75, 3.05) is 0 Å². The molecule has 0 aromatic carbocycles. The van der Waals surface area contributed by atoms with Gasteiger partial charge in [0, 0.05) is 6.20 Å². The summed E-state index contributed by atoms with van der Waals surface area (Å²) in [7, 11) is 0. The number of rotatable bonds is 2. The molecule has 0 fully saturated rings. The van der Waals surface area contributed by atoms with Crippen molar-refractivity contribution >= 4 is 28.4 Å². The number of nitrogens with zero attached hydrogens (tertiary/aromatic N) is 3. The molecular formula is C10H12N4S. The standard InChI is InChI=1S/C10H12N4S/c1-6-3-8-10(12-4-6)14(5-9(11)15)7(2)13-8/h3-4H,5H2,1-2H3,(H2,11,15). The second kappa shape index (κ2) is 3.58. The Labute approximate surface area is 93.1 Å². The summed E-state index contributed by atoms with van der Waals surface area (Å²) in [5.74, 6) is 0.885. The van der Waals surface area contributed by atoms with Crippen LogP contribution in [0.1, 0.15) is 11.4 Å². The Hall–Kier alpha value is -1.49. The minimum absolute atomic E-state index is 0.444. The summed E-state index contributed by atoms with van der Waals surface area (Å²) in [6.45, 7) is 4.41. The second-order valence-electron chi connectivity index (χ2n) is 3.57. The van der Waals surface area contributed by atoms with E-state index >= 15 is 0 Å². The molecule has 0 saturated heterocycles. The van der Waals surface area contributed by atoms with Gasteiger partial charge in [0.15, 0.2) is 5.65 Å². The molecule has 0 aliphatic heterocycles. The highest BCUT2D eigenvalue weighted by Gasteiger charge is 2.08. The molecule has 5 heteroatoms. The molecule has 0 aliphatic carbocycles. The maximum absolute atomic E-state index is 5.53. The van der Waals surface area contributed by atoms with Crippen molar-refractivity contribution < 1.29 is 0 Å². The fraction of sp³-hybridized carbons (Fsp3) is 0.300. The summed E-state index contributed by atoms with van der Waals surface area (Å²) < 4.78 is 1.93. The first-order chi connectivity index (χ1) is 7.08. The lowest BCUT2D eigenvalue weighted by molar-refractivity contribution is 0.825. The minimum Gasteiger partial charge on any atom is -0.392 e. The van der Waals surface area contributed by atoms with Crippen LogP contribution < -0.4 is 5.73 Å². The third-order valence-electron chi connectivity index (χ3n) is 2.23. The first-order valence-corrected chi connectivity index (χ1v) is 5.06. The maximum atomic E-state index is 5.53. The number of hydrogen-bond donors (Lipinski definition) is 1. The van der Waals surface area contributed by atoms with E-state index in [-0.39, 0.29) is 0 Å². The van der Waals surface area contributed by atoms with Gasteiger partial charge in [-0.1, -0.05) is 12.2 Å². The molecule has 0 radical (unpaired) electrons. The lowest BCUT2D eigenvalue weighted by atomic mass is 10.3. The predicted molar refractivity (Wildman–Crippen MR) is 63.8 cm³/mol. The summed E-state index contributed by atoms with van der Waals surface area (Å²) in [4.78, 5) is 9.20. The van der Waals surface area contributed by atoms with Gasteiger partial charge in [0.05, 0.1) is 11.5 Å². The number of thiocarbonyl (C=S) groups is 1. The van der Waals surface area contributed by atoms with Crippen LogP contribution in [-0.2, 0) is 6.54 Å². The average molecular weight is 220 g/mol. The van der Waals surface area contributed by atoms with Crippen LogP contribution in [0, 0.1) is 13.8 Å². The van der Waals surface area contributed by atoms with E-state index in [9.17, 15) is 0 Å². The van der Waals surface area contributed by atoms with Gasteiger partial charge in [-0.05, 0) is 25.5 Å². The highest BCUT2D eigenvalue weighted by molar-refractivity contribution is 7.80. The summed E-state index contributed by atoms with van der Waals surface area (Å²) in [6.07, 6.45) is 1.82. The van der Waals surface area contributed by atoms with Crippen LogP contribution in [0.4, 0.5) is 0 Å². The molecule has 0 aliphatic rings. The molecule has 0 saturated carbocycles. The van der Waals surface area contributed by atoms with Gasteiger partial charge in [-0.15, -0.1) is 0 Å². The van der Waals surface area contributed by atoms with Crippen LogP contribution in [0.5, 0.6) is 0 Å². The summed E-state index contributed by atoms with van der Waals surface area (Å²) in [5.41, 5.74) is 8.36. The van der Waals surface area contributed by atoms with Crippen LogP contribution in [0.2, 0.25) is 0 Å². The molecule has 4 nitrogen and oxygen atoms in total. The van der Waals surface area contributed by atoms with Crippen LogP contribution in [0.25, 0.3) is 11.2 Å². The van der Waals surface area contributed by atoms with E-state index in [0.717, 1.165) is 22.6 Å². The van der Waals surface area contributed by atoms with Crippen molar-refractivity contribution in [3.8, 4) is 0 Å². The summed E-state index contributed by atoms with van der Waals surface area (Å²) >= 11 is 4.89. The number of nitrogens with two attached hydrogens (primary N) is 1. The molecule has 0 atom stereocenters. The number of imidazole rings is 1. The van der Waals surface area contributed by atoms with E-state index in [2.05, 4.69) is 9.97 Å². The second-order valence-corrected chi connectivity index (χ2v) is 4.09. The molecule has 2 N–H and O–H groups in total. The van der Waals surface area contributed by atoms with E-state index in [1.165, 1.54) is 0 Å². The molecule has 0 spiro atoms. The number of hydrogen-bond acceptors (Lipinski definition) is 3. The SMILES string of the molecule is Cc1cnc2c(c1)nc(C)n2CC(N)=S. The van der Waals surface area contributed by atoms with Crippen molar-refractivity contribution in [2.45, 2.75) is 20.4 Å². The normalized spacial score (nSPS) is 10.8. The van der Waals surface area contributed by atoms with Gasteiger partial charge in [0.2, 0.25) is 0 Å². The largest absolute Gasteiger partial charge is 0.392 e. The first-order valence-electron chi connectivity index (χ1n) is 4.65. The Kier molecular flexibility index (Phi) is 2.40. The van der Waals surface area contributed by atoms with Crippen LogP contribution >= 0.6 is 12.2 Å². The number of aryl methyl sites for hydroxylation is 2. The third-order valence-corrected chi connectivity index (χ3v) is 2.36. The number of aromatic nitrogens is 3. The minimum atomic E-state index is 0.444. The fourth-order valence-electron chi connectivity index (χ4n) is 1.57. The van der Waals surface area contributed by atoms with Gasteiger partial charge in [-0.25, -0.2) is 9.97 Å². The Morgan fingerprint density at radius 2 is 2.27 bits per heavy atom. The average Bonchev–Trinajstić information content (AvgIpc) is 2.41. The van der Waals surface area contributed by atoms with Gasteiger partial charge < -0.3 is 10.3 Å². The third kappa shape index (κ3) is 1.83. The van der Waals surface area contributed by atoms with Gasteiger partial charge in [0.25, 0.3) is 0 Å². The molecule has 0 bridgehead atoms. The Bertz CT molecular complexity index is 529. The Morgan fingerprint density at radius 3 is 2.93 bits per heavy atom. The van der Waals surface area contributed by atoms with E-state index in [0.29, 0.717) is 11.5 Å². The number of pyridine rings is 1. The van der Waals surface area contributed by atoms with E-state index in [4.69, 9.17) is 18.0 Å². The van der Waals surface area contributed by atoms with Crippen molar-refractivity contribution in [3.05, 3.63) is 23.7 Å². The molecule has 15 heavy (non-hydrogen) atoms. The quantitative estimate of drug-likeness (QED) is 0.776. The van der Waals surface area contributed by atoms with Crippen LogP contribution in [-0.4, -0.2) is 19.5 Å². The van der Waals surface area contributed by atoms with E-state index in [1.807, 2.05) is 30.7 Å². The zero-order valence-corrected chi connectivity index (χ0v) is 9.51. The smallest absolute Gasteiger partial charge is 0.160 e. The highest BCUT2D eigenvalue weighted by atomic mass is 32.1. The zero-order chi connectivity index (χ0) is 11.0. The number of fused-ring (bicyclic) bond motifs is 1. The molecule has 78 valence electrons. The highest BCUT2D eigenvalue weighted by Crippen LogP contribution is 2.14. The zero-order valence-electron chi connectivity index (χ0n) is 8.69. The molecule has 2 rings (SSSR count). The monoisotopic (exact) mass is 220 g/mol. The van der Waals surface area contributed by atoms with Crippen LogP contribution in [0.3, 0.4) is 0 Å². The topological polar surface area (TPSA) is 56.7 Å². The maximum Gasteiger partial charge on any atom is 0.160 e. The lowest BCUT2D eigenvalue weighted by Gasteiger charge is -2.03. The van der Waals surface area contributed by atoms with Crippen molar-refractivity contribution in [3.63, 3.8) is 0 Å². The lowest BCUT2D eigenvalue weighted by Crippen LogP contribution is -2.17. The molecule has 0 unspecified atom stereocenters. The van der Waals surface area contributed by atoms with Crippen molar-refractivity contribution in [2.24, 2.45) is 5.73 Å². The predicted octanol–water partition coefficient (Wildman–Crippen LogP) is 1.33. The molecule has 2 aromatic rings. The van der Waals surface area contributed by atoms with Crippen molar-refractivity contribution in [1.82, 2.24) is 14.5 Å². The van der Waals surface area contributed by atoms with Gasteiger partial charge >= 0.3 is 0 Å². The van der Waals surface area contributed by atoms with Gasteiger partial charge in [-0.2, -0.15) is 0 Å². The molecule has 2 aromatic heterocycles. The summed E-state index contributed by atoms with van der Waals surface area (Å²) in [6, 6.07) is 2.01. The Morgan fingerprint density at radius 1 is 1.53 bits per heavy atom. The fourth-order valence-corrected chi connectivity index (χ4v) is 1.70. The van der Waals surface area contributed by atoms with Crippen LogP contribution in [0.15, 0.2) is 12.3 Å². The van der Waals surface area contributed by atoms with Gasteiger partial charge in [0.1, 0.15) is 11.3 Å². The molecular weight excluding hydrogens is 208 g/mol. The summed E-state index contributed by atoms with van der Waals surface area (Å²) in [5, 5.41) is 0. The Balaban J connectivity index is 2.63. The van der Waals surface area contributed by atoms with E-state index < -0.39 is 0 Å². The van der Waals surface area contributed by atoms with Gasteiger partial charge in [-0.3, -0.25) is 0 Å². The molecule has 0 amide bonds.